The predicted octanol–water partition coefficient (Wildman–Crippen LogP) is 1.19. The largest absolute Gasteiger partial charge is 0.376 e. The molecule has 0 N–H and O–H groups in total. The Morgan fingerprint density at radius 1 is 1.29 bits per heavy atom. The van der Waals surface area contributed by atoms with E-state index in [1.807, 2.05) is 4.90 Å². The molecule has 96 valence electrons. The predicted molar refractivity (Wildman–Crippen MR) is 62.6 cm³/mol. The topological polar surface area (TPSA) is 38.8 Å². The number of amides is 1. The van der Waals surface area contributed by atoms with Crippen molar-refractivity contribution in [3.63, 3.8) is 0 Å². The molecule has 0 unspecified atom stereocenters. The van der Waals surface area contributed by atoms with Crippen LogP contribution in [0.25, 0.3) is 0 Å². The lowest BCUT2D eigenvalue weighted by molar-refractivity contribution is -0.140. The zero-order valence-corrected chi connectivity index (χ0v) is 10.3. The van der Waals surface area contributed by atoms with Crippen LogP contribution in [0, 0.1) is 5.92 Å². The molecule has 0 spiro atoms. The molecular weight excluding hydrogens is 218 g/mol. The third-order valence-electron chi connectivity index (χ3n) is 3.93. The van der Waals surface area contributed by atoms with Gasteiger partial charge in [0.1, 0.15) is 6.10 Å². The number of hydrogen-bond acceptors (Lipinski definition) is 3. The molecular formula is C13H21NO3. The van der Waals surface area contributed by atoms with Crippen LogP contribution in [-0.2, 0) is 14.3 Å². The Kier molecular flexibility index (Phi) is 3.34. The smallest absolute Gasteiger partial charge is 0.251 e. The SMILES string of the molecule is O=C([C@@H]1CCCO1)N1CC[C@H](OCC2CC2)C1. The van der Waals surface area contributed by atoms with Crippen LogP contribution in [0.2, 0.25) is 0 Å². The lowest BCUT2D eigenvalue weighted by Gasteiger charge is -2.20. The monoisotopic (exact) mass is 239 g/mol. The quantitative estimate of drug-likeness (QED) is 0.740. The highest BCUT2D eigenvalue weighted by atomic mass is 16.5. The molecule has 3 aliphatic rings. The fourth-order valence-electron chi connectivity index (χ4n) is 2.60. The first-order valence-electron chi connectivity index (χ1n) is 6.85. The minimum Gasteiger partial charge on any atom is -0.376 e. The normalized spacial score (nSPS) is 33.3. The molecule has 4 heteroatoms. The molecule has 4 nitrogen and oxygen atoms in total. The molecule has 0 bridgehead atoms. The minimum absolute atomic E-state index is 0.169. The number of likely N-dealkylation sites (tertiary alicyclic amines) is 1. The number of hydrogen-bond donors (Lipinski definition) is 0. The summed E-state index contributed by atoms with van der Waals surface area (Å²) in [5.41, 5.74) is 0. The highest BCUT2D eigenvalue weighted by Gasteiger charge is 2.34. The highest BCUT2D eigenvalue weighted by Crippen LogP contribution is 2.30. The van der Waals surface area contributed by atoms with E-state index in [0.29, 0.717) is 0 Å². The van der Waals surface area contributed by atoms with Crippen molar-refractivity contribution in [3.05, 3.63) is 0 Å². The van der Waals surface area contributed by atoms with Crippen LogP contribution < -0.4 is 0 Å². The average molecular weight is 239 g/mol. The number of rotatable bonds is 4. The summed E-state index contributed by atoms with van der Waals surface area (Å²) in [4.78, 5) is 14.0. The van der Waals surface area contributed by atoms with Gasteiger partial charge in [0.05, 0.1) is 6.10 Å². The lowest BCUT2D eigenvalue weighted by Crippen LogP contribution is -2.38. The van der Waals surface area contributed by atoms with Gasteiger partial charge >= 0.3 is 0 Å². The first-order chi connectivity index (χ1) is 8.33. The number of nitrogens with zero attached hydrogens (tertiary/aromatic N) is 1. The van der Waals surface area contributed by atoms with Crippen molar-refractivity contribution < 1.29 is 14.3 Å². The van der Waals surface area contributed by atoms with Crippen LogP contribution in [0.4, 0.5) is 0 Å². The molecule has 1 amide bonds. The van der Waals surface area contributed by atoms with Gasteiger partial charge in [0.2, 0.25) is 0 Å². The van der Waals surface area contributed by atoms with Crippen LogP contribution in [0.1, 0.15) is 32.1 Å². The Balaban J connectivity index is 1.43. The molecule has 1 aliphatic carbocycles. The summed E-state index contributed by atoms with van der Waals surface area (Å²) in [6.07, 6.45) is 5.65. The third-order valence-corrected chi connectivity index (χ3v) is 3.93. The Hall–Kier alpha value is -0.610. The van der Waals surface area contributed by atoms with Gasteiger partial charge in [0, 0.05) is 26.3 Å². The Bertz CT molecular complexity index is 284. The third kappa shape index (κ3) is 2.80. The molecule has 2 aliphatic heterocycles. The van der Waals surface area contributed by atoms with Gasteiger partial charge in [-0.2, -0.15) is 0 Å². The van der Waals surface area contributed by atoms with Gasteiger partial charge < -0.3 is 14.4 Å². The summed E-state index contributed by atoms with van der Waals surface area (Å²) in [5.74, 6) is 0.984. The van der Waals surface area contributed by atoms with Gasteiger partial charge in [-0.3, -0.25) is 4.79 Å². The van der Waals surface area contributed by atoms with Crippen LogP contribution in [-0.4, -0.2) is 49.3 Å². The molecule has 17 heavy (non-hydrogen) atoms. The van der Waals surface area contributed by atoms with Gasteiger partial charge in [-0.15, -0.1) is 0 Å². The number of ether oxygens (including phenoxy) is 2. The van der Waals surface area contributed by atoms with Gasteiger partial charge in [-0.05, 0) is 38.0 Å². The van der Waals surface area contributed by atoms with Gasteiger partial charge in [-0.1, -0.05) is 0 Å². The van der Waals surface area contributed by atoms with E-state index >= 15 is 0 Å². The Morgan fingerprint density at radius 2 is 2.18 bits per heavy atom. The van der Waals surface area contributed by atoms with Crippen LogP contribution in [0.15, 0.2) is 0 Å². The van der Waals surface area contributed by atoms with Gasteiger partial charge in [0.25, 0.3) is 5.91 Å². The molecule has 0 aromatic rings. The molecule has 0 aromatic carbocycles. The van der Waals surface area contributed by atoms with Crippen LogP contribution >= 0.6 is 0 Å². The fourth-order valence-corrected chi connectivity index (χ4v) is 2.60. The second-order valence-electron chi connectivity index (χ2n) is 5.47. The highest BCUT2D eigenvalue weighted by molar-refractivity contribution is 5.81. The van der Waals surface area contributed by atoms with Crippen molar-refractivity contribution in [2.45, 2.75) is 44.3 Å². The summed E-state index contributed by atoms with van der Waals surface area (Å²) in [5, 5.41) is 0. The van der Waals surface area contributed by atoms with E-state index in [0.717, 1.165) is 51.5 Å². The minimum atomic E-state index is -0.169. The second-order valence-corrected chi connectivity index (χ2v) is 5.47. The maximum absolute atomic E-state index is 12.1. The molecule has 0 aromatic heterocycles. The van der Waals surface area contributed by atoms with Crippen molar-refractivity contribution in [3.8, 4) is 0 Å². The van der Waals surface area contributed by atoms with E-state index in [9.17, 15) is 4.79 Å². The van der Waals surface area contributed by atoms with E-state index < -0.39 is 0 Å². The van der Waals surface area contributed by atoms with Gasteiger partial charge in [0.15, 0.2) is 0 Å². The number of carbonyl (C=O) groups is 1. The molecule has 2 heterocycles. The lowest BCUT2D eigenvalue weighted by atomic mass is 10.2. The molecule has 2 saturated heterocycles. The zero-order chi connectivity index (χ0) is 11.7. The Labute approximate surface area is 102 Å². The summed E-state index contributed by atoms with van der Waals surface area (Å²) in [6.45, 7) is 3.25. The molecule has 2 atom stereocenters. The Morgan fingerprint density at radius 3 is 2.88 bits per heavy atom. The van der Waals surface area contributed by atoms with Crippen molar-refractivity contribution >= 4 is 5.91 Å². The molecule has 0 radical (unpaired) electrons. The van der Waals surface area contributed by atoms with E-state index in [4.69, 9.17) is 9.47 Å². The average Bonchev–Trinajstić information content (AvgIpc) is 2.86. The van der Waals surface area contributed by atoms with Crippen LogP contribution in [0.5, 0.6) is 0 Å². The zero-order valence-electron chi connectivity index (χ0n) is 10.3. The van der Waals surface area contributed by atoms with E-state index in [2.05, 4.69) is 0 Å². The van der Waals surface area contributed by atoms with E-state index in [-0.39, 0.29) is 18.1 Å². The molecule has 1 saturated carbocycles. The van der Waals surface area contributed by atoms with E-state index in [1.54, 1.807) is 0 Å². The van der Waals surface area contributed by atoms with Crippen molar-refractivity contribution in [2.24, 2.45) is 5.92 Å². The van der Waals surface area contributed by atoms with Crippen LogP contribution in [0.3, 0.4) is 0 Å². The van der Waals surface area contributed by atoms with Gasteiger partial charge in [-0.25, -0.2) is 0 Å². The first kappa shape index (κ1) is 11.5. The first-order valence-corrected chi connectivity index (χ1v) is 6.85. The van der Waals surface area contributed by atoms with Crippen molar-refractivity contribution in [1.29, 1.82) is 0 Å². The molecule has 3 rings (SSSR count). The number of carbonyl (C=O) groups excluding carboxylic acids is 1. The van der Waals surface area contributed by atoms with E-state index in [1.165, 1.54) is 12.8 Å². The fraction of sp³-hybridized carbons (Fsp3) is 0.923. The molecule has 3 fully saturated rings. The maximum atomic E-state index is 12.1. The summed E-state index contributed by atoms with van der Waals surface area (Å²) >= 11 is 0. The summed E-state index contributed by atoms with van der Waals surface area (Å²) in [6, 6.07) is 0. The maximum Gasteiger partial charge on any atom is 0.251 e. The summed E-state index contributed by atoms with van der Waals surface area (Å²) < 4.78 is 11.3. The van der Waals surface area contributed by atoms with Crippen molar-refractivity contribution in [2.75, 3.05) is 26.3 Å². The standard InChI is InChI=1S/C13H21NO3/c15-13(12-2-1-7-16-12)14-6-5-11(8-14)17-9-10-3-4-10/h10-12H,1-9H2/t11-,12-/m0/s1. The summed E-state index contributed by atoms with van der Waals surface area (Å²) in [7, 11) is 0. The van der Waals surface area contributed by atoms with Crippen molar-refractivity contribution in [1.82, 2.24) is 4.90 Å². The second kappa shape index (κ2) is 4.94.